The number of anilines is 1. The van der Waals surface area contributed by atoms with Gasteiger partial charge >= 0.3 is 11.9 Å². The molecule has 1 aliphatic carbocycles. The second-order valence-corrected chi connectivity index (χ2v) is 11.0. The molecule has 0 aromatic heterocycles. The highest BCUT2D eigenvalue weighted by molar-refractivity contribution is 5.98. The standard InChI is InChI=1S/C35H40N2O7/c1-2-3-4-5-8-23-43-29-19-15-27(16-20-29)35(42)44-30-21-13-24(14-22-30)31(34(40)41)37-33(39)26-11-17-28(18-12-26)36-32(38)25-9-6-7-10-25/h11-22,25,31H,2-10,23H2,1H3,(H,36,38)(H,37,39)(H,40,41). The van der Waals surface area contributed by atoms with E-state index in [1.54, 1.807) is 36.4 Å². The molecular formula is C35H40N2O7. The van der Waals surface area contributed by atoms with E-state index in [4.69, 9.17) is 9.47 Å². The van der Waals surface area contributed by atoms with Crippen molar-refractivity contribution in [2.75, 3.05) is 11.9 Å². The van der Waals surface area contributed by atoms with Crippen LogP contribution in [-0.2, 0) is 9.59 Å². The van der Waals surface area contributed by atoms with Crippen molar-refractivity contribution < 1.29 is 33.8 Å². The van der Waals surface area contributed by atoms with E-state index in [0.717, 1.165) is 38.5 Å². The first-order chi connectivity index (χ1) is 21.3. The topological polar surface area (TPSA) is 131 Å². The number of aliphatic carboxylic acids is 1. The van der Waals surface area contributed by atoms with Gasteiger partial charge < -0.3 is 25.2 Å². The molecule has 0 aliphatic heterocycles. The van der Waals surface area contributed by atoms with Crippen LogP contribution in [0.1, 0.15) is 97.0 Å². The van der Waals surface area contributed by atoms with E-state index in [1.807, 2.05) is 0 Å². The van der Waals surface area contributed by atoms with Gasteiger partial charge in [-0.15, -0.1) is 0 Å². The van der Waals surface area contributed by atoms with Crippen molar-refractivity contribution in [2.24, 2.45) is 5.92 Å². The maximum Gasteiger partial charge on any atom is 0.343 e. The van der Waals surface area contributed by atoms with Crippen molar-refractivity contribution in [3.05, 3.63) is 89.5 Å². The molecule has 4 rings (SSSR count). The fraction of sp³-hybridized carbons (Fsp3) is 0.371. The number of rotatable bonds is 15. The third-order valence-corrected chi connectivity index (χ3v) is 7.69. The van der Waals surface area contributed by atoms with Gasteiger partial charge in [0.15, 0.2) is 6.04 Å². The summed E-state index contributed by atoms with van der Waals surface area (Å²) in [6, 6.07) is 17.6. The summed E-state index contributed by atoms with van der Waals surface area (Å²) in [4.78, 5) is 49.8. The Balaban J connectivity index is 1.28. The summed E-state index contributed by atoms with van der Waals surface area (Å²) in [7, 11) is 0. The number of carboxylic acids is 1. The quantitative estimate of drug-likeness (QED) is 0.0978. The van der Waals surface area contributed by atoms with Crippen LogP contribution in [0.25, 0.3) is 0 Å². The van der Waals surface area contributed by atoms with E-state index in [-0.39, 0.29) is 23.1 Å². The Morgan fingerprint density at radius 1 is 0.795 bits per heavy atom. The molecule has 1 atom stereocenters. The van der Waals surface area contributed by atoms with Crippen LogP contribution >= 0.6 is 0 Å². The summed E-state index contributed by atoms with van der Waals surface area (Å²) >= 11 is 0. The molecule has 1 saturated carbocycles. The van der Waals surface area contributed by atoms with Gasteiger partial charge in [0.1, 0.15) is 11.5 Å². The number of benzene rings is 3. The zero-order chi connectivity index (χ0) is 31.3. The van der Waals surface area contributed by atoms with E-state index in [2.05, 4.69) is 17.6 Å². The van der Waals surface area contributed by atoms with E-state index in [1.165, 1.54) is 55.7 Å². The average Bonchev–Trinajstić information content (AvgIpc) is 3.58. The normalized spacial score (nSPS) is 13.6. The lowest BCUT2D eigenvalue weighted by atomic mass is 10.1. The van der Waals surface area contributed by atoms with Crippen LogP contribution in [0.5, 0.6) is 11.5 Å². The monoisotopic (exact) mass is 600 g/mol. The van der Waals surface area contributed by atoms with Crippen molar-refractivity contribution in [2.45, 2.75) is 70.8 Å². The van der Waals surface area contributed by atoms with Crippen molar-refractivity contribution in [1.29, 1.82) is 0 Å². The first kappa shape index (κ1) is 32.3. The Bertz CT molecular complexity index is 1400. The molecule has 1 unspecified atom stereocenters. The predicted molar refractivity (Wildman–Crippen MR) is 167 cm³/mol. The van der Waals surface area contributed by atoms with E-state index in [9.17, 15) is 24.3 Å². The molecule has 0 radical (unpaired) electrons. The number of carbonyl (C=O) groups excluding carboxylic acids is 3. The number of nitrogens with one attached hydrogen (secondary N) is 2. The molecule has 1 aliphatic rings. The van der Waals surface area contributed by atoms with E-state index >= 15 is 0 Å². The van der Waals surface area contributed by atoms with Gasteiger partial charge in [-0.3, -0.25) is 9.59 Å². The minimum atomic E-state index is -1.33. The van der Waals surface area contributed by atoms with Gasteiger partial charge in [-0.1, -0.05) is 57.6 Å². The summed E-state index contributed by atoms with van der Waals surface area (Å²) < 4.78 is 11.2. The lowest BCUT2D eigenvalue weighted by Gasteiger charge is -2.16. The highest BCUT2D eigenvalue weighted by Crippen LogP contribution is 2.26. The molecular weight excluding hydrogens is 560 g/mol. The number of amides is 2. The molecule has 0 heterocycles. The Morgan fingerprint density at radius 2 is 1.41 bits per heavy atom. The first-order valence-corrected chi connectivity index (χ1v) is 15.3. The highest BCUT2D eigenvalue weighted by atomic mass is 16.5. The van der Waals surface area contributed by atoms with Gasteiger partial charge in [0.05, 0.1) is 12.2 Å². The minimum absolute atomic E-state index is 0.0189. The molecule has 9 heteroatoms. The lowest BCUT2D eigenvalue weighted by molar-refractivity contribution is -0.139. The van der Waals surface area contributed by atoms with Crippen molar-refractivity contribution in [3.8, 4) is 11.5 Å². The third kappa shape index (κ3) is 9.42. The van der Waals surface area contributed by atoms with Crippen LogP contribution in [-0.4, -0.2) is 35.5 Å². The zero-order valence-corrected chi connectivity index (χ0v) is 25.1. The van der Waals surface area contributed by atoms with Crippen molar-refractivity contribution in [1.82, 2.24) is 5.32 Å². The van der Waals surface area contributed by atoms with E-state index < -0.39 is 23.9 Å². The average molecular weight is 601 g/mol. The summed E-state index contributed by atoms with van der Waals surface area (Å²) in [5.41, 5.74) is 1.49. The van der Waals surface area contributed by atoms with Gasteiger partial charge in [0.2, 0.25) is 5.91 Å². The fourth-order valence-corrected chi connectivity index (χ4v) is 5.12. The molecule has 3 aromatic rings. The molecule has 3 N–H and O–H groups in total. The Kier molecular flexibility index (Phi) is 11.9. The SMILES string of the molecule is CCCCCCCOc1ccc(C(=O)Oc2ccc(C(NC(=O)c3ccc(NC(=O)C4CCCC4)cc3)C(=O)O)cc2)cc1. The first-order valence-electron chi connectivity index (χ1n) is 15.3. The van der Waals surface area contributed by atoms with Crippen LogP contribution in [0.15, 0.2) is 72.8 Å². The van der Waals surface area contributed by atoms with E-state index in [0.29, 0.717) is 29.2 Å². The van der Waals surface area contributed by atoms with Gasteiger partial charge in [0, 0.05) is 17.2 Å². The molecule has 3 aromatic carbocycles. The molecule has 2 amide bonds. The maximum atomic E-state index is 12.8. The zero-order valence-electron chi connectivity index (χ0n) is 25.1. The predicted octanol–water partition coefficient (Wildman–Crippen LogP) is 6.94. The molecule has 9 nitrogen and oxygen atoms in total. The molecule has 0 saturated heterocycles. The van der Waals surface area contributed by atoms with Crippen LogP contribution in [0, 0.1) is 5.92 Å². The Labute approximate surface area is 258 Å². The number of hydrogen-bond acceptors (Lipinski definition) is 6. The minimum Gasteiger partial charge on any atom is -0.494 e. The van der Waals surface area contributed by atoms with Crippen molar-refractivity contribution >= 4 is 29.4 Å². The fourth-order valence-electron chi connectivity index (χ4n) is 5.12. The Morgan fingerprint density at radius 3 is 2.05 bits per heavy atom. The van der Waals surface area contributed by atoms with Gasteiger partial charge in [-0.25, -0.2) is 9.59 Å². The molecule has 232 valence electrons. The third-order valence-electron chi connectivity index (χ3n) is 7.69. The van der Waals surface area contributed by atoms with Gasteiger partial charge in [0.25, 0.3) is 5.91 Å². The number of esters is 1. The van der Waals surface area contributed by atoms with Crippen molar-refractivity contribution in [3.63, 3.8) is 0 Å². The van der Waals surface area contributed by atoms with Crippen LogP contribution in [0.4, 0.5) is 5.69 Å². The molecule has 0 bridgehead atoms. The van der Waals surface area contributed by atoms with Gasteiger partial charge in [-0.05, 0) is 85.5 Å². The van der Waals surface area contributed by atoms with Crippen LogP contribution in [0.2, 0.25) is 0 Å². The molecule has 1 fully saturated rings. The van der Waals surface area contributed by atoms with Gasteiger partial charge in [-0.2, -0.15) is 0 Å². The summed E-state index contributed by atoms with van der Waals surface area (Å²) in [5.74, 6) is -1.47. The Hall–Kier alpha value is -4.66. The molecule has 0 spiro atoms. The number of unbranched alkanes of at least 4 members (excludes halogenated alkanes) is 4. The highest BCUT2D eigenvalue weighted by Gasteiger charge is 2.24. The number of hydrogen-bond donors (Lipinski definition) is 3. The van der Waals surface area contributed by atoms with Crippen LogP contribution in [0.3, 0.4) is 0 Å². The number of carbonyl (C=O) groups is 4. The largest absolute Gasteiger partial charge is 0.494 e. The molecule has 44 heavy (non-hydrogen) atoms. The number of ether oxygens (including phenoxy) is 2. The smallest absolute Gasteiger partial charge is 0.343 e. The second-order valence-electron chi connectivity index (χ2n) is 11.0. The lowest BCUT2D eigenvalue weighted by Crippen LogP contribution is -2.33. The number of carboxylic acid groups (broad SMARTS) is 1. The maximum absolute atomic E-state index is 12.8. The summed E-state index contributed by atoms with van der Waals surface area (Å²) in [6.45, 7) is 2.81. The van der Waals surface area contributed by atoms with Crippen LogP contribution < -0.4 is 20.1 Å². The summed E-state index contributed by atoms with van der Waals surface area (Å²) in [6.07, 6.45) is 9.63. The second kappa shape index (κ2) is 16.3. The summed E-state index contributed by atoms with van der Waals surface area (Å²) in [5, 5.41) is 15.2.